The van der Waals surface area contributed by atoms with Gasteiger partial charge in [0.05, 0.1) is 0 Å². The molecule has 0 heterocycles. The van der Waals surface area contributed by atoms with Crippen LogP contribution in [0.1, 0.15) is 18.5 Å². The molecule has 0 aromatic heterocycles. The minimum atomic E-state index is -1.44. The van der Waals surface area contributed by atoms with Gasteiger partial charge in [0.2, 0.25) is 0 Å². The van der Waals surface area contributed by atoms with Gasteiger partial charge in [-0.05, 0) is 6.92 Å². The normalized spacial score (nSPS) is 13.1. The lowest BCUT2D eigenvalue weighted by Crippen LogP contribution is -2.13. The summed E-state index contributed by atoms with van der Waals surface area (Å²) < 4.78 is 50.7. The SMILES string of the molecule is CC(N)c1c(F)c(F)cc(F)c1F. The molecule has 0 amide bonds. The zero-order valence-electron chi connectivity index (χ0n) is 6.74. The highest BCUT2D eigenvalue weighted by atomic mass is 19.2. The fraction of sp³-hybridized carbons (Fsp3) is 0.250. The molecule has 5 heteroatoms. The van der Waals surface area contributed by atoms with E-state index in [0.717, 1.165) is 0 Å². The third-order valence-corrected chi connectivity index (χ3v) is 1.60. The van der Waals surface area contributed by atoms with Crippen molar-refractivity contribution in [2.75, 3.05) is 0 Å². The van der Waals surface area contributed by atoms with E-state index in [9.17, 15) is 17.6 Å². The van der Waals surface area contributed by atoms with Crippen molar-refractivity contribution in [1.82, 2.24) is 0 Å². The van der Waals surface area contributed by atoms with E-state index in [1.807, 2.05) is 0 Å². The van der Waals surface area contributed by atoms with Gasteiger partial charge in [0, 0.05) is 17.7 Å². The Hall–Kier alpha value is -1.10. The van der Waals surface area contributed by atoms with Gasteiger partial charge in [-0.15, -0.1) is 0 Å². The summed E-state index contributed by atoms with van der Waals surface area (Å²) in [6, 6.07) is -0.943. The van der Waals surface area contributed by atoms with Gasteiger partial charge in [0.15, 0.2) is 23.3 Å². The van der Waals surface area contributed by atoms with E-state index >= 15 is 0 Å². The van der Waals surface area contributed by atoms with Gasteiger partial charge in [0.1, 0.15) is 0 Å². The highest BCUT2D eigenvalue weighted by Gasteiger charge is 2.21. The maximum Gasteiger partial charge on any atom is 0.166 e. The molecule has 1 unspecified atom stereocenters. The molecule has 0 radical (unpaired) electrons. The second-order valence-corrected chi connectivity index (χ2v) is 2.67. The number of halogens is 4. The molecule has 0 fully saturated rings. The zero-order chi connectivity index (χ0) is 10.2. The van der Waals surface area contributed by atoms with Crippen LogP contribution in [0.2, 0.25) is 0 Å². The Morgan fingerprint density at radius 2 is 1.46 bits per heavy atom. The summed E-state index contributed by atoms with van der Waals surface area (Å²) in [5.41, 5.74) is 4.37. The molecule has 0 aliphatic rings. The van der Waals surface area contributed by atoms with E-state index in [4.69, 9.17) is 5.73 Å². The quantitative estimate of drug-likeness (QED) is 0.537. The first-order valence-corrected chi connectivity index (χ1v) is 3.53. The van der Waals surface area contributed by atoms with Gasteiger partial charge >= 0.3 is 0 Å². The molecule has 1 nitrogen and oxygen atoms in total. The maximum absolute atomic E-state index is 12.8. The summed E-state index contributed by atoms with van der Waals surface area (Å²) >= 11 is 0. The monoisotopic (exact) mass is 193 g/mol. The topological polar surface area (TPSA) is 26.0 Å². The molecule has 0 spiro atoms. The summed E-state index contributed by atoms with van der Waals surface area (Å²) in [6.07, 6.45) is 0. The standard InChI is InChI=1S/C8H7F4N/c1-3(13)6-7(11)4(9)2-5(10)8(6)12/h2-3H,13H2,1H3. The molecule has 0 aliphatic carbocycles. The molecule has 0 bridgehead atoms. The van der Waals surface area contributed by atoms with Gasteiger partial charge < -0.3 is 5.73 Å². The smallest absolute Gasteiger partial charge is 0.166 e. The second-order valence-electron chi connectivity index (χ2n) is 2.67. The number of rotatable bonds is 1. The van der Waals surface area contributed by atoms with E-state index in [1.54, 1.807) is 0 Å². The van der Waals surface area contributed by atoms with Crippen molar-refractivity contribution in [1.29, 1.82) is 0 Å². The van der Waals surface area contributed by atoms with Gasteiger partial charge in [-0.1, -0.05) is 0 Å². The van der Waals surface area contributed by atoms with Gasteiger partial charge in [0.25, 0.3) is 0 Å². The summed E-state index contributed by atoms with van der Waals surface area (Å²) in [4.78, 5) is 0. The fourth-order valence-corrected chi connectivity index (χ4v) is 0.991. The van der Waals surface area contributed by atoms with Crippen LogP contribution in [0.5, 0.6) is 0 Å². The Morgan fingerprint density at radius 1 is 1.08 bits per heavy atom. The first kappa shape index (κ1) is 9.98. The Morgan fingerprint density at radius 3 is 1.77 bits per heavy atom. The molecular weight excluding hydrogens is 186 g/mol. The van der Waals surface area contributed by atoms with Crippen molar-refractivity contribution < 1.29 is 17.6 Å². The van der Waals surface area contributed by atoms with Crippen LogP contribution in [-0.4, -0.2) is 0 Å². The van der Waals surface area contributed by atoms with Gasteiger partial charge in [-0.25, -0.2) is 17.6 Å². The molecule has 1 rings (SSSR count). The highest BCUT2D eigenvalue weighted by Crippen LogP contribution is 2.23. The summed E-state index contributed by atoms with van der Waals surface area (Å²) in [5, 5.41) is 0. The molecule has 2 N–H and O–H groups in total. The van der Waals surface area contributed by atoms with E-state index in [2.05, 4.69) is 0 Å². The number of hydrogen-bond acceptors (Lipinski definition) is 1. The van der Waals surface area contributed by atoms with E-state index in [-0.39, 0.29) is 6.07 Å². The van der Waals surface area contributed by atoms with Crippen LogP contribution in [-0.2, 0) is 0 Å². The van der Waals surface area contributed by atoms with Crippen molar-refractivity contribution in [3.63, 3.8) is 0 Å². The molecule has 13 heavy (non-hydrogen) atoms. The highest BCUT2D eigenvalue weighted by molar-refractivity contribution is 5.24. The van der Waals surface area contributed by atoms with E-state index in [1.165, 1.54) is 6.92 Å². The fourth-order valence-electron chi connectivity index (χ4n) is 0.991. The Balaban J connectivity index is 3.46. The average Bonchev–Trinajstić information content (AvgIpc) is 2.01. The van der Waals surface area contributed by atoms with Crippen LogP contribution in [0.3, 0.4) is 0 Å². The maximum atomic E-state index is 12.8. The van der Waals surface area contributed by atoms with Crippen molar-refractivity contribution in [3.8, 4) is 0 Å². The van der Waals surface area contributed by atoms with Crippen LogP contribution >= 0.6 is 0 Å². The van der Waals surface area contributed by atoms with E-state index in [0.29, 0.717) is 0 Å². The summed E-state index contributed by atoms with van der Waals surface area (Å²) in [7, 11) is 0. The molecule has 1 atom stereocenters. The molecule has 1 aromatic carbocycles. The number of hydrogen-bond donors (Lipinski definition) is 1. The third kappa shape index (κ3) is 1.65. The largest absolute Gasteiger partial charge is 0.324 e. The van der Waals surface area contributed by atoms with E-state index < -0.39 is 34.9 Å². The van der Waals surface area contributed by atoms with Crippen LogP contribution < -0.4 is 5.73 Å². The predicted octanol–water partition coefficient (Wildman–Crippen LogP) is 2.26. The lowest BCUT2D eigenvalue weighted by molar-refractivity contribution is 0.430. The minimum absolute atomic E-state index is 0.149. The first-order valence-electron chi connectivity index (χ1n) is 3.53. The molecular formula is C8H7F4N. The predicted molar refractivity (Wildman–Crippen MR) is 38.9 cm³/mol. The lowest BCUT2D eigenvalue weighted by atomic mass is 10.1. The second kappa shape index (κ2) is 3.33. The zero-order valence-corrected chi connectivity index (χ0v) is 6.74. The molecule has 72 valence electrons. The van der Waals surface area contributed by atoms with Crippen LogP contribution in [0, 0.1) is 23.3 Å². The Bertz CT molecular complexity index is 309. The average molecular weight is 193 g/mol. The Kier molecular flexibility index (Phi) is 2.56. The summed E-state index contributed by atoms with van der Waals surface area (Å²) in [6.45, 7) is 1.24. The Labute approximate surface area is 72.2 Å². The van der Waals surface area contributed by atoms with Gasteiger partial charge in [-0.2, -0.15) is 0 Å². The van der Waals surface area contributed by atoms with Crippen molar-refractivity contribution >= 4 is 0 Å². The van der Waals surface area contributed by atoms with Crippen LogP contribution in [0.4, 0.5) is 17.6 Å². The summed E-state index contributed by atoms with van der Waals surface area (Å²) in [5.74, 6) is -5.75. The number of benzene rings is 1. The number of nitrogens with two attached hydrogens (primary N) is 1. The van der Waals surface area contributed by atoms with Gasteiger partial charge in [-0.3, -0.25) is 0 Å². The van der Waals surface area contributed by atoms with Crippen molar-refractivity contribution in [3.05, 3.63) is 34.9 Å². The molecule has 1 aromatic rings. The van der Waals surface area contributed by atoms with Crippen LogP contribution in [0.15, 0.2) is 6.07 Å². The minimum Gasteiger partial charge on any atom is -0.324 e. The molecule has 0 aliphatic heterocycles. The third-order valence-electron chi connectivity index (χ3n) is 1.60. The van der Waals surface area contributed by atoms with Crippen LogP contribution in [0.25, 0.3) is 0 Å². The lowest BCUT2D eigenvalue weighted by Gasteiger charge is -2.09. The van der Waals surface area contributed by atoms with Crippen molar-refractivity contribution in [2.45, 2.75) is 13.0 Å². The van der Waals surface area contributed by atoms with Crippen molar-refractivity contribution in [2.24, 2.45) is 5.73 Å². The first-order chi connectivity index (χ1) is 5.95. The molecule has 0 saturated carbocycles. The molecule has 0 saturated heterocycles.